The molecule has 2 aliphatic rings. The molecule has 0 amide bonds. The van der Waals surface area contributed by atoms with Crippen LogP contribution in [-0.2, 0) is 0 Å². The van der Waals surface area contributed by atoms with Gasteiger partial charge in [-0.3, -0.25) is 0 Å². The van der Waals surface area contributed by atoms with Crippen molar-refractivity contribution >= 4 is 0 Å². The zero-order valence-electron chi connectivity index (χ0n) is 9.76. The first-order valence-electron chi connectivity index (χ1n) is 6.46. The molecule has 0 aromatic rings. The molecular weight excluding hydrogens is 170 g/mol. The number of rotatable bonds is 3. The predicted octanol–water partition coefficient (Wildman–Crippen LogP) is 3.06. The van der Waals surface area contributed by atoms with Gasteiger partial charge in [0.1, 0.15) is 0 Å². The molecule has 0 radical (unpaired) electrons. The molecule has 14 heavy (non-hydrogen) atoms. The van der Waals surface area contributed by atoms with Crippen LogP contribution in [0, 0.1) is 23.7 Å². The summed E-state index contributed by atoms with van der Waals surface area (Å²) in [6, 6.07) is 0. The molecule has 0 heterocycles. The Labute approximate surface area is 88.7 Å². The second kappa shape index (κ2) is 4.65. The molecule has 0 aromatic heterocycles. The SMILES string of the molecule is CNCC1CCC1C1CCC(C)CC1. The summed E-state index contributed by atoms with van der Waals surface area (Å²) in [5.74, 6) is 4.18. The maximum Gasteiger partial charge on any atom is -0.00208 e. The van der Waals surface area contributed by atoms with E-state index >= 15 is 0 Å². The van der Waals surface area contributed by atoms with Crippen molar-refractivity contribution in [2.45, 2.75) is 45.4 Å². The Morgan fingerprint density at radius 3 is 2.21 bits per heavy atom. The first-order valence-corrected chi connectivity index (χ1v) is 6.46. The zero-order chi connectivity index (χ0) is 9.97. The minimum Gasteiger partial charge on any atom is -0.319 e. The molecule has 2 fully saturated rings. The molecule has 2 aliphatic carbocycles. The first kappa shape index (κ1) is 10.5. The molecule has 0 spiro atoms. The number of hydrogen-bond acceptors (Lipinski definition) is 1. The van der Waals surface area contributed by atoms with E-state index in [1.54, 1.807) is 0 Å². The first-order chi connectivity index (χ1) is 6.81. The Morgan fingerprint density at radius 1 is 1.00 bits per heavy atom. The van der Waals surface area contributed by atoms with Gasteiger partial charge in [0.2, 0.25) is 0 Å². The highest BCUT2D eigenvalue weighted by atomic mass is 14.8. The topological polar surface area (TPSA) is 12.0 Å². The lowest BCUT2D eigenvalue weighted by atomic mass is 9.62. The fourth-order valence-electron chi connectivity index (χ4n) is 3.45. The van der Waals surface area contributed by atoms with Crippen LogP contribution in [0.15, 0.2) is 0 Å². The summed E-state index contributed by atoms with van der Waals surface area (Å²) in [7, 11) is 2.10. The van der Waals surface area contributed by atoms with E-state index in [1.165, 1.54) is 45.1 Å². The average molecular weight is 195 g/mol. The van der Waals surface area contributed by atoms with Gasteiger partial charge in [-0.25, -0.2) is 0 Å². The molecule has 82 valence electrons. The zero-order valence-corrected chi connectivity index (χ0v) is 9.76. The maximum atomic E-state index is 3.35. The molecule has 0 aliphatic heterocycles. The molecule has 2 saturated carbocycles. The van der Waals surface area contributed by atoms with E-state index in [2.05, 4.69) is 19.3 Å². The summed E-state index contributed by atoms with van der Waals surface area (Å²) in [4.78, 5) is 0. The molecule has 2 unspecified atom stereocenters. The minimum absolute atomic E-state index is 1.01. The Hall–Kier alpha value is -0.0400. The molecule has 2 rings (SSSR count). The van der Waals surface area contributed by atoms with Crippen LogP contribution in [0.4, 0.5) is 0 Å². The number of hydrogen-bond donors (Lipinski definition) is 1. The summed E-state index contributed by atoms with van der Waals surface area (Å²) in [5.41, 5.74) is 0. The van der Waals surface area contributed by atoms with E-state index < -0.39 is 0 Å². The predicted molar refractivity (Wildman–Crippen MR) is 61.3 cm³/mol. The highest BCUT2D eigenvalue weighted by Crippen LogP contribution is 2.45. The van der Waals surface area contributed by atoms with E-state index in [-0.39, 0.29) is 0 Å². The van der Waals surface area contributed by atoms with Crippen molar-refractivity contribution in [2.75, 3.05) is 13.6 Å². The van der Waals surface area contributed by atoms with Crippen molar-refractivity contribution in [3.8, 4) is 0 Å². The van der Waals surface area contributed by atoms with Crippen molar-refractivity contribution in [3.05, 3.63) is 0 Å². The molecule has 0 saturated heterocycles. The van der Waals surface area contributed by atoms with Gasteiger partial charge in [-0.1, -0.05) is 19.8 Å². The van der Waals surface area contributed by atoms with Crippen molar-refractivity contribution in [1.82, 2.24) is 5.32 Å². The monoisotopic (exact) mass is 195 g/mol. The Morgan fingerprint density at radius 2 is 1.71 bits per heavy atom. The van der Waals surface area contributed by atoms with Gasteiger partial charge in [-0.05, 0) is 62.9 Å². The van der Waals surface area contributed by atoms with Gasteiger partial charge in [0.15, 0.2) is 0 Å². The standard InChI is InChI=1S/C13H25N/c1-10-3-5-11(6-4-10)13-8-7-12(13)9-14-2/h10-14H,3-9H2,1-2H3. The quantitative estimate of drug-likeness (QED) is 0.730. The van der Waals surface area contributed by atoms with Gasteiger partial charge in [0.25, 0.3) is 0 Å². The van der Waals surface area contributed by atoms with Crippen LogP contribution < -0.4 is 5.32 Å². The van der Waals surface area contributed by atoms with E-state index in [9.17, 15) is 0 Å². The molecule has 1 heteroatoms. The van der Waals surface area contributed by atoms with Gasteiger partial charge < -0.3 is 5.32 Å². The largest absolute Gasteiger partial charge is 0.319 e. The van der Waals surface area contributed by atoms with Gasteiger partial charge in [-0.15, -0.1) is 0 Å². The molecule has 0 bridgehead atoms. The fourth-order valence-corrected chi connectivity index (χ4v) is 3.45. The third kappa shape index (κ3) is 2.13. The van der Waals surface area contributed by atoms with Gasteiger partial charge in [0, 0.05) is 0 Å². The van der Waals surface area contributed by atoms with Crippen LogP contribution in [0.2, 0.25) is 0 Å². The lowest BCUT2D eigenvalue weighted by Crippen LogP contribution is -2.39. The summed E-state index contributed by atoms with van der Waals surface area (Å²) in [6.45, 7) is 3.68. The van der Waals surface area contributed by atoms with Crippen molar-refractivity contribution < 1.29 is 0 Å². The van der Waals surface area contributed by atoms with Gasteiger partial charge in [0.05, 0.1) is 0 Å². The van der Waals surface area contributed by atoms with Crippen molar-refractivity contribution in [2.24, 2.45) is 23.7 Å². The smallest absolute Gasteiger partial charge is 0.00208 e. The Kier molecular flexibility index (Phi) is 3.48. The van der Waals surface area contributed by atoms with Crippen molar-refractivity contribution in [1.29, 1.82) is 0 Å². The van der Waals surface area contributed by atoms with E-state index in [0.717, 1.165) is 23.7 Å². The lowest BCUT2D eigenvalue weighted by molar-refractivity contribution is 0.0708. The molecule has 2 atom stereocenters. The van der Waals surface area contributed by atoms with Crippen LogP contribution in [0.5, 0.6) is 0 Å². The summed E-state index contributed by atoms with van der Waals surface area (Å²) < 4.78 is 0. The summed E-state index contributed by atoms with van der Waals surface area (Å²) in [6.07, 6.45) is 9.03. The highest BCUT2D eigenvalue weighted by molar-refractivity contribution is 4.88. The van der Waals surface area contributed by atoms with Gasteiger partial charge >= 0.3 is 0 Å². The van der Waals surface area contributed by atoms with Crippen LogP contribution in [0.1, 0.15) is 45.4 Å². The minimum atomic E-state index is 1.01. The third-order valence-electron chi connectivity index (χ3n) is 4.61. The van der Waals surface area contributed by atoms with Crippen molar-refractivity contribution in [3.63, 3.8) is 0 Å². The molecular formula is C13H25N. The normalized spacial score (nSPS) is 43.3. The van der Waals surface area contributed by atoms with Gasteiger partial charge in [-0.2, -0.15) is 0 Å². The Balaban J connectivity index is 1.78. The maximum absolute atomic E-state index is 3.35. The third-order valence-corrected chi connectivity index (χ3v) is 4.61. The molecule has 1 nitrogen and oxygen atoms in total. The van der Waals surface area contributed by atoms with Crippen LogP contribution in [0.3, 0.4) is 0 Å². The number of nitrogens with one attached hydrogen (secondary N) is 1. The van der Waals surface area contributed by atoms with E-state index in [4.69, 9.17) is 0 Å². The van der Waals surface area contributed by atoms with Crippen LogP contribution in [-0.4, -0.2) is 13.6 Å². The van der Waals surface area contributed by atoms with E-state index in [0.29, 0.717) is 0 Å². The highest BCUT2D eigenvalue weighted by Gasteiger charge is 2.37. The second-order valence-corrected chi connectivity index (χ2v) is 5.58. The summed E-state index contributed by atoms with van der Waals surface area (Å²) in [5, 5.41) is 3.35. The molecule has 1 N–H and O–H groups in total. The fraction of sp³-hybridized carbons (Fsp3) is 1.00. The second-order valence-electron chi connectivity index (χ2n) is 5.58. The van der Waals surface area contributed by atoms with Crippen LogP contribution >= 0.6 is 0 Å². The lowest BCUT2D eigenvalue weighted by Gasteiger charge is -2.44. The Bertz CT molecular complexity index is 170. The molecule has 0 aromatic carbocycles. The van der Waals surface area contributed by atoms with Crippen LogP contribution in [0.25, 0.3) is 0 Å². The van der Waals surface area contributed by atoms with E-state index in [1.807, 2.05) is 0 Å². The summed E-state index contributed by atoms with van der Waals surface area (Å²) >= 11 is 0. The average Bonchev–Trinajstić information content (AvgIpc) is 2.16.